The number of hydrogen-bond donors (Lipinski definition) is 2. The number of nitrogen functional groups attached to an aromatic ring is 1. The van der Waals surface area contributed by atoms with Crippen LogP contribution in [0, 0.1) is 0 Å². The summed E-state index contributed by atoms with van der Waals surface area (Å²) in [6, 6.07) is 15.8. The number of benzene rings is 2. The van der Waals surface area contributed by atoms with Gasteiger partial charge in [0.25, 0.3) is 5.91 Å². The second-order valence-corrected chi connectivity index (χ2v) is 8.84. The molecule has 0 saturated heterocycles. The van der Waals surface area contributed by atoms with Crippen molar-refractivity contribution in [2.75, 3.05) is 12.3 Å². The standard InChI is InChI=1S/C27H32N6O/c1-4-5-6-9-16-29-27(34)23-24-26(32-22-11-8-7-10-21(22)31-24)33(25(23)28)30-17-19-12-14-20(15-13-19)18(2)3/h7-8,10-15,17-18H,4-6,9,16,28H2,1-3H3,(H,29,34)/b30-17-. The molecule has 176 valence electrons. The number of para-hydroxylation sites is 2. The predicted octanol–water partition coefficient (Wildman–Crippen LogP) is 5.48. The molecule has 2 heterocycles. The Morgan fingerprint density at radius 2 is 1.76 bits per heavy atom. The van der Waals surface area contributed by atoms with Crippen LogP contribution in [0.5, 0.6) is 0 Å². The van der Waals surface area contributed by atoms with Gasteiger partial charge in [-0.1, -0.05) is 76.4 Å². The summed E-state index contributed by atoms with van der Waals surface area (Å²) in [6.07, 6.45) is 6.04. The zero-order valence-electron chi connectivity index (χ0n) is 20.1. The van der Waals surface area contributed by atoms with Gasteiger partial charge in [0.2, 0.25) is 0 Å². The number of nitrogens with one attached hydrogen (secondary N) is 1. The summed E-state index contributed by atoms with van der Waals surface area (Å²) in [5.74, 6) is 0.437. The minimum atomic E-state index is -0.251. The summed E-state index contributed by atoms with van der Waals surface area (Å²) in [5.41, 5.74) is 11.3. The van der Waals surface area contributed by atoms with Crippen molar-refractivity contribution >= 4 is 40.1 Å². The monoisotopic (exact) mass is 456 g/mol. The van der Waals surface area contributed by atoms with Gasteiger partial charge in [0.05, 0.1) is 17.2 Å². The fourth-order valence-corrected chi connectivity index (χ4v) is 3.92. The predicted molar refractivity (Wildman–Crippen MR) is 139 cm³/mol. The SMILES string of the molecule is CCCCCCNC(=O)c1c(N)n(/N=C\c2ccc(C(C)C)cc2)c2nc3ccccc3nc12. The number of rotatable bonds is 9. The highest BCUT2D eigenvalue weighted by molar-refractivity contribution is 6.10. The average Bonchev–Trinajstić information content (AvgIpc) is 3.11. The third kappa shape index (κ3) is 4.93. The van der Waals surface area contributed by atoms with Crippen LogP contribution in [0.4, 0.5) is 5.82 Å². The van der Waals surface area contributed by atoms with Gasteiger partial charge in [-0.2, -0.15) is 9.78 Å². The number of anilines is 1. The first-order valence-electron chi connectivity index (χ1n) is 12.0. The minimum absolute atomic E-state index is 0.228. The molecule has 7 nitrogen and oxygen atoms in total. The molecule has 3 N–H and O–H groups in total. The third-order valence-electron chi connectivity index (χ3n) is 5.94. The summed E-state index contributed by atoms with van der Waals surface area (Å²) in [5, 5.41) is 7.58. The highest BCUT2D eigenvalue weighted by Crippen LogP contribution is 2.28. The van der Waals surface area contributed by atoms with Gasteiger partial charge in [0.1, 0.15) is 16.9 Å². The molecule has 2 aromatic carbocycles. The molecule has 1 amide bonds. The van der Waals surface area contributed by atoms with E-state index in [4.69, 9.17) is 15.7 Å². The van der Waals surface area contributed by atoms with Crippen molar-refractivity contribution in [3.05, 3.63) is 65.2 Å². The van der Waals surface area contributed by atoms with E-state index in [0.29, 0.717) is 34.7 Å². The summed E-state index contributed by atoms with van der Waals surface area (Å²) < 4.78 is 1.51. The lowest BCUT2D eigenvalue weighted by Gasteiger charge is -2.05. The van der Waals surface area contributed by atoms with Gasteiger partial charge >= 0.3 is 0 Å². The van der Waals surface area contributed by atoms with Crippen molar-refractivity contribution in [1.82, 2.24) is 20.0 Å². The van der Waals surface area contributed by atoms with Crippen LogP contribution in [0.25, 0.3) is 22.2 Å². The summed E-state index contributed by atoms with van der Waals surface area (Å²) in [7, 11) is 0. The molecular weight excluding hydrogens is 424 g/mol. The summed E-state index contributed by atoms with van der Waals surface area (Å²) in [6.45, 7) is 7.08. The van der Waals surface area contributed by atoms with Crippen molar-refractivity contribution in [3.8, 4) is 0 Å². The van der Waals surface area contributed by atoms with E-state index in [-0.39, 0.29) is 11.7 Å². The Labute approximate surface area is 200 Å². The second kappa shape index (κ2) is 10.5. The Kier molecular flexibility index (Phi) is 7.21. The van der Waals surface area contributed by atoms with E-state index >= 15 is 0 Å². The van der Waals surface area contributed by atoms with Crippen molar-refractivity contribution in [3.63, 3.8) is 0 Å². The Morgan fingerprint density at radius 3 is 2.44 bits per heavy atom. The fraction of sp³-hybridized carbons (Fsp3) is 0.333. The molecule has 0 saturated carbocycles. The Balaban J connectivity index is 1.72. The number of carbonyl (C=O) groups excluding carboxylic acids is 1. The topological polar surface area (TPSA) is 98.2 Å². The van der Waals surface area contributed by atoms with E-state index in [1.165, 1.54) is 10.2 Å². The maximum Gasteiger partial charge on any atom is 0.257 e. The van der Waals surface area contributed by atoms with Crippen LogP contribution in [0.3, 0.4) is 0 Å². The van der Waals surface area contributed by atoms with Gasteiger partial charge in [-0.25, -0.2) is 9.97 Å². The molecule has 4 aromatic rings. The first kappa shape index (κ1) is 23.4. The normalized spacial score (nSPS) is 11.8. The van der Waals surface area contributed by atoms with Crippen LogP contribution in [-0.2, 0) is 0 Å². The lowest BCUT2D eigenvalue weighted by Crippen LogP contribution is -2.25. The van der Waals surface area contributed by atoms with Crippen LogP contribution in [0.15, 0.2) is 53.6 Å². The summed E-state index contributed by atoms with van der Waals surface area (Å²) in [4.78, 5) is 22.6. The maximum absolute atomic E-state index is 13.1. The molecule has 0 fully saturated rings. The lowest BCUT2D eigenvalue weighted by molar-refractivity contribution is 0.0955. The first-order valence-corrected chi connectivity index (χ1v) is 12.0. The molecule has 7 heteroatoms. The van der Waals surface area contributed by atoms with Crippen molar-refractivity contribution in [2.45, 2.75) is 52.4 Å². The second-order valence-electron chi connectivity index (χ2n) is 8.84. The lowest BCUT2D eigenvalue weighted by atomic mass is 10.0. The number of amides is 1. The van der Waals surface area contributed by atoms with E-state index in [2.05, 4.69) is 43.3 Å². The van der Waals surface area contributed by atoms with Crippen LogP contribution < -0.4 is 11.1 Å². The molecule has 0 radical (unpaired) electrons. The molecule has 0 unspecified atom stereocenters. The molecule has 4 rings (SSSR count). The van der Waals surface area contributed by atoms with E-state index in [1.807, 2.05) is 36.4 Å². The Hall–Kier alpha value is -3.74. The van der Waals surface area contributed by atoms with Crippen LogP contribution >= 0.6 is 0 Å². The summed E-state index contributed by atoms with van der Waals surface area (Å²) >= 11 is 0. The van der Waals surface area contributed by atoms with Gasteiger partial charge in [-0.15, -0.1) is 0 Å². The maximum atomic E-state index is 13.1. The van der Waals surface area contributed by atoms with Crippen molar-refractivity contribution in [2.24, 2.45) is 5.10 Å². The van der Waals surface area contributed by atoms with E-state index in [1.54, 1.807) is 6.21 Å². The number of nitrogens with two attached hydrogens (primary N) is 1. The number of carbonyl (C=O) groups is 1. The number of fused-ring (bicyclic) bond motifs is 2. The zero-order valence-corrected chi connectivity index (χ0v) is 20.1. The number of hydrogen-bond acceptors (Lipinski definition) is 5. The van der Waals surface area contributed by atoms with Gasteiger partial charge in [-0.05, 0) is 35.6 Å². The fourth-order valence-electron chi connectivity index (χ4n) is 3.92. The highest BCUT2D eigenvalue weighted by atomic mass is 16.1. The Bertz CT molecular complexity index is 1320. The van der Waals surface area contributed by atoms with Gasteiger partial charge in [-0.3, -0.25) is 4.79 Å². The average molecular weight is 457 g/mol. The molecule has 0 bridgehead atoms. The smallest absolute Gasteiger partial charge is 0.257 e. The molecule has 0 spiro atoms. The van der Waals surface area contributed by atoms with E-state index in [0.717, 1.165) is 36.8 Å². The largest absolute Gasteiger partial charge is 0.383 e. The molecule has 0 atom stereocenters. The Morgan fingerprint density at radius 1 is 1.06 bits per heavy atom. The number of nitrogens with zero attached hydrogens (tertiary/aromatic N) is 4. The molecule has 2 aromatic heterocycles. The first-order chi connectivity index (χ1) is 16.5. The molecule has 0 aliphatic rings. The molecule has 0 aliphatic carbocycles. The zero-order chi connectivity index (χ0) is 24.1. The van der Waals surface area contributed by atoms with Gasteiger partial charge in [0, 0.05) is 6.54 Å². The van der Waals surface area contributed by atoms with E-state index in [9.17, 15) is 4.79 Å². The van der Waals surface area contributed by atoms with Crippen LogP contribution in [0.1, 0.15) is 73.9 Å². The highest BCUT2D eigenvalue weighted by Gasteiger charge is 2.23. The molecule has 0 aliphatic heterocycles. The quantitative estimate of drug-likeness (QED) is 0.257. The third-order valence-corrected chi connectivity index (χ3v) is 5.94. The minimum Gasteiger partial charge on any atom is -0.383 e. The van der Waals surface area contributed by atoms with Crippen molar-refractivity contribution in [1.29, 1.82) is 0 Å². The molecule has 34 heavy (non-hydrogen) atoms. The van der Waals surface area contributed by atoms with Crippen molar-refractivity contribution < 1.29 is 4.79 Å². The van der Waals surface area contributed by atoms with E-state index < -0.39 is 0 Å². The van der Waals surface area contributed by atoms with Crippen LogP contribution in [-0.4, -0.2) is 33.3 Å². The number of aromatic nitrogens is 3. The molecular formula is C27H32N6O. The van der Waals surface area contributed by atoms with Crippen LogP contribution in [0.2, 0.25) is 0 Å². The number of unbranched alkanes of at least 4 members (excludes halogenated alkanes) is 3. The van der Waals surface area contributed by atoms with Gasteiger partial charge in [0.15, 0.2) is 5.65 Å². The van der Waals surface area contributed by atoms with Gasteiger partial charge < -0.3 is 11.1 Å².